The average molecular weight is 257 g/mol. The average Bonchev–Trinajstić information content (AvgIpc) is 2.01. The molecule has 0 N–H and O–H groups in total. The molecular weight excluding hydrogens is 236 g/mol. The third-order valence-electron chi connectivity index (χ3n) is 1.92. The Bertz CT molecular complexity index is 109. The first kappa shape index (κ1) is 14.4. The van der Waals surface area contributed by atoms with E-state index in [4.69, 9.17) is 0 Å². The van der Waals surface area contributed by atoms with Crippen LogP contribution in [0.2, 0.25) is 0 Å². The second-order valence-corrected chi connectivity index (χ2v) is 7.17. The first-order chi connectivity index (χ1) is 6.06. The highest BCUT2D eigenvalue weighted by atomic mass is 32.2. The van der Waals surface area contributed by atoms with E-state index in [9.17, 15) is 0 Å². The third-order valence-corrected chi connectivity index (χ3v) is 2.91. The highest BCUT2D eigenvalue weighted by molar-refractivity contribution is 8.16. The predicted molar refractivity (Wildman–Crippen MR) is 75.9 cm³/mol. The van der Waals surface area contributed by atoms with Crippen molar-refractivity contribution in [1.82, 2.24) is 0 Å². The summed E-state index contributed by atoms with van der Waals surface area (Å²) in [7, 11) is 0. The van der Waals surface area contributed by atoms with Crippen LogP contribution in [0.25, 0.3) is 0 Å². The Balaban J connectivity index is 3.00. The number of rotatable bonds is 8. The first-order valence-corrected chi connectivity index (χ1v) is 6.81. The molecular formula is C9H20S4. The highest BCUT2D eigenvalue weighted by Gasteiger charge is 2.11. The van der Waals surface area contributed by atoms with Crippen LogP contribution in [0.15, 0.2) is 0 Å². The Morgan fingerprint density at radius 1 is 0.692 bits per heavy atom. The van der Waals surface area contributed by atoms with Crippen molar-refractivity contribution in [2.45, 2.75) is 48.4 Å². The molecule has 0 aliphatic rings. The Labute approximate surface area is 104 Å². The van der Waals surface area contributed by atoms with E-state index in [1.54, 1.807) is 0 Å². The van der Waals surface area contributed by atoms with Gasteiger partial charge in [-0.25, -0.2) is 0 Å². The van der Waals surface area contributed by atoms with Crippen molar-refractivity contribution < 1.29 is 0 Å². The lowest BCUT2D eigenvalue weighted by Gasteiger charge is -2.14. The quantitative estimate of drug-likeness (QED) is 0.281. The molecule has 80 valence electrons. The summed E-state index contributed by atoms with van der Waals surface area (Å²) in [5.74, 6) is 1.02. The summed E-state index contributed by atoms with van der Waals surface area (Å²) >= 11 is 16.9. The van der Waals surface area contributed by atoms with Gasteiger partial charge in [-0.05, 0) is 18.6 Å². The van der Waals surface area contributed by atoms with Crippen molar-refractivity contribution in [2.24, 2.45) is 0 Å². The molecule has 0 rings (SSSR count). The Hall–Kier alpha value is 1.40. The van der Waals surface area contributed by atoms with E-state index in [0.717, 1.165) is 12.2 Å². The SMILES string of the molecule is SCCCCCCCCC(S)(S)S. The van der Waals surface area contributed by atoms with Crippen LogP contribution in [-0.2, 0) is 0 Å². The molecule has 0 fully saturated rings. The molecule has 0 atom stereocenters. The number of unbranched alkanes of at least 4 members (excludes halogenated alkanes) is 5. The van der Waals surface area contributed by atoms with Gasteiger partial charge >= 0.3 is 0 Å². The van der Waals surface area contributed by atoms with Crippen LogP contribution >= 0.6 is 50.5 Å². The molecule has 4 heteroatoms. The molecule has 0 aromatic carbocycles. The monoisotopic (exact) mass is 256 g/mol. The van der Waals surface area contributed by atoms with E-state index in [-0.39, 0.29) is 3.41 Å². The lowest BCUT2D eigenvalue weighted by atomic mass is 10.1. The van der Waals surface area contributed by atoms with Crippen LogP contribution < -0.4 is 0 Å². The minimum atomic E-state index is -0.384. The summed E-state index contributed by atoms with van der Waals surface area (Å²) in [4.78, 5) is 0. The van der Waals surface area contributed by atoms with Crippen molar-refractivity contribution in [3.05, 3.63) is 0 Å². The van der Waals surface area contributed by atoms with Crippen LogP contribution in [0.3, 0.4) is 0 Å². The molecule has 0 amide bonds. The molecule has 0 heterocycles. The van der Waals surface area contributed by atoms with Crippen molar-refractivity contribution in [1.29, 1.82) is 0 Å². The maximum Gasteiger partial charge on any atom is 0.0980 e. The fourth-order valence-electron chi connectivity index (χ4n) is 1.18. The van der Waals surface area contributed by atoms with Crippen molar-refractivity contribution in [2.75, 3.05) is 5.75 Å². The van der Waals surface area contributed by atoms with Gasteiger partial charge in [-0.2, -0.15) is 50.5 Å². The number of thiol groups is 4. The smallest absolute Gasteiger partial charge is 0.0980 e. The van der Waals surface area contributed by atoms with Gasteiger partial charge in [0, 0.05) is 0 Å². The van der Waals surface area contributed by atoms with Crippen LogP contribution in [0, 0.1) is 0 Å². The fraction of sp³-hybridized carbons (Fsp3) is 1.00. The topological polar surface area (TPSA) is 0 Å². The normalized spacial score (nSPS) is 12.0. The maximum absolute atomic E-state index is 4.23. The molecule has 0 aromatic rings. The fourth-order valence-corrected chi connectivity index (χ4v) is 1.88. The Kier molecular flexibility index (Phi) is 9.62. The Morgan fingerprint density at radius 2 is 1.15 bits per heavy atom. The van der Waals surface area contributed by atoms with Crippen LogP contribution in [0.5, 0.6) is 0 Å². The zero-order chi connectivity index (χ0) is 10.2. The Morgan fingerprint density at radius 3 is 1.62 bits per heavy atom. The molecule has 0 aromatic heterocycles. The highest BCUT2D eigenvalue weighted by Crippen LogP contribution is 2.30. The predicted octanol–water partition coefficient (Wildman–Crippen LogP) is 4.09. The lowest BCUT2D eigenvalue weighted by molar-refractivity contribution is 0.599. The summed E-state index contributed by atoms with van der Waals surface area (Å²) in [6, 6.07) is 0. The van der Waals surface area contributed by atoms with Gasteiger partial charge in [0.1, 0.15) is 0 Å². The zero-order valence-corrected chi connectivity index (χ0v) is 11.5. The van der Waals surface area contributed by atoms with Crippen LogP contribution in [-0.4, -0.2) is 9.16 Å². The molecule has 13 heavy (non-hydrogen) atoms. The lowest BCUT2D eigenvalue weighted by Crippen LogP contribution is -2.01. The summed E-state index contributed by atoms with van der Waals surface area (Å²) < 4.78 is -0.384. The molecule has 0 aliphatic heterocycles. The minimum absolute atomic E-state index is 0.384. The molecule has 0 aliphatic carbocycles. The maximum atomic E-state index is 4.23. The van der Waals surface area contributed by atoms with Gasteiger partial charge in [0.2, 0.25) is 0 Å². The van der Waals surface area contributed by atoms with E-state index in [2.05, 4.69) is 50.5 Å². The third kappa shape index (κ3) is 13.4. The molecule has 0 spiro atoms. The van der Waals surface area contributed by atoms with Gasteiger partial charge in [-0.1, -0.05) is 32.1 Å². The summed E-state index contributed by atoms with van der Waals surface area (Å²) in [6.45, 7) is 0. The van der Waals surface area contributed by atoms with Crippen molar-refractivity contribution in [3.63, 3.8) is 0 Å². The summed E-state index contributed by atoms with van der Waals surface area (Å²) in [5, 5.41) is 0. The largest absolute Gasteiger partial charge is 0.179 e. The van der Waals surface area contributed by atoms with E-state index in [1.807, 2.05) is 0 Å². The van der Waals surface area contributed by atoms with Crippen LogP contribution in [0.1, 0.15) is 44.9 Å². The molecule has 0 bridgehead atoms. The zero-order valence-electron chi connectivity index (χ0n) is 7.95. The summed E-state index contributed by atoms with van der Waals surface area (Å²) in [6.07, 6.45) is 8.64. The number of hydrogen-bond donors (Lipinski definition) is 4. The van der Waals surface area contributed by atoms with E-state index < -0.39 is 0 Å². The van der Waals surface area contributed by atoms with Crippen LogP contribution in [0.4, 0.5) is 0 Å². The molecule has 0 radical (unpaired) electrons. The number of hydrogen-bond acceptors (Lipinski definition) is 4. The van der Waals surface area contributed by atoms with Crippen molar-refractivity contribution in [3.8, 4) is 0 Å². The first-order valence-electron chi connectivity index (χ1n) is 4.84. The van der Waals surface area contributed by atoms with Gasteiger partial charge in [0.15, 0.2) is 0 Å². The standard InChI is InChI=1S/C9H20S4/c10-8-6-4-2-1-3-5-7-9(11,12)13/h10-13H,1-8H2. The molecule has 0 unspecified atom stereocenters. The van der Waals surface area contributed by atoms with Crippen molar-refractivity contribution >= 4 is 50.5 Å². The van der Waals surface area contributed by atoms with Gasteiger partial charge < -0.3 is 0 Å². The van der Waals surface area contributed by atoms with Gasteiger partial charge in [0.25, 0.3) is 0 Å². The van der Waals surface area contributed by atoms with E-state index >= 15 is 0 Å². The van der Waals surface area contributed by atoms with Gasteiger partial charge in [0.05, 0.1) is 3.41 Å². The van der Waals surface area contributed by atoms with Gasteiger partial charge in [-0.3, -0.25) is 0 Å². The minimum Gasteiger partial charge on any atom is -0.179 e. The second kappa shape index (κ2) is 8.69. The van der Waals surface area contributed by atoms with E-state index in [0.29, 0.717) is 0 Å². The van der Waals surface area contributed by atoms with E-state index in [1.165, 1.54) is 38.5 Å². The molecule has 0 saturated heterocycles. The molecule has 0 nitrogen and oxygen atoms in total. The summed E-state index contributed by atoms with van der Waals surface area (Å²) in [5.41, 5.74) is 0. The second-order valence-electron chi connectivity index (χ2n) is 3.37. The molecule has 0 saturated carbocycles. The van der Waals surface area contributed by atoms with Gasteiger partial charge in [-0.15, -0.1) is 0 Å².